The highest BCUT2D eigenvalue weighted by molar-refractivity contribution is 7.88. The van der Waals surface area contributed by atoms with Gasteiger partial charge in [0.25, 0.3) is 0 Å². The van der Waals surface area contributed by atoms with Crippen LogP contribution in [-0.2, 0) is 20.6 Å². The SMILES string of the molecule is Cc1ccccc1CS(=O)(=O)N1CCCC(C(=O)Nc2ccc(F)c(F)c2)C1. The van der Waals surface area contributed by atoms with Crippen LogP contribution in [0.5, 0.6) is 0 Å². The maximum absolute atomic E-state index is 13.3. The number of hydrogen-bond donors (Lipinski definition) is 1. The van der Waals surface area contributed by atoms with E-state index in [1.165, 1.54) is 10.4 Å². The zero-order valence-electron chi connectivity index (χ0n) is 15.5. The summed E-state index contributed by atoms with van der Waals surface area (Å²) in [5, 5.41) is 2.54. The molecule has 2 aromatic rings. The summed E-state index contributed by atoms with van der Waals surface area (Å²) >= 11 is 0. The van der Waals surface area contributed by atoms with Gasteiger partial charge in [0.1, 0.15) is 0 Å². The molecule has 1 atom stereocenters. The lowest BCUT2D eigenvalue weighted by Crippen LogP contribution is -2.44. The summed E-state index contributed by atoms with van der Waals surface area (Å²) in [6.07, 6.45) is 1.09. The summed E-state index contributed by atoms with van der Waals surface area (Å²) in [5.41, 5.74) is 1.77. The maximum Gasteiger partial charge on any atom is 0.228 e. The van der Waals surface area contributed by atoms with Crippen LogP contribution in [0.15, 0.2) is 42.5 Å². The number of aryl methyl sites for hydroxylation is 1. The smallest absolute Gasteiger partial charge is 0.228 e. The third-order valence-electron chi connectivity index (χ3n) is 4.93. The minimum absolute atomic E-state index is 0.0731. The Morgan fingerprint density at radius 3 is 2.64 bits per heavy atom. The minimum Gasteiger partial charge on any atom is -0.326 e. The molecule has 2 aromatic carbocycles. The number of benzene rings is 2. The van der Waals surface area contributed by atoms with E-state index in [-0.39, 0.29) is 18.0 Å². The van der Waals surface area contributed by atoms with E-state index < -0.39 is 33.5 Å². The maximum atomic E-state index is 13.3. The lowest BCUT2D eigenvalue weighted by atomic mass is 9.98. The first-order valence-corrected chi connectivity index (χ1v) is 10.7. The Morgan fingerprint density at radius 1 is 1.18 bits per heavy atom. The number of halogens is 2. The highest BCUT2D eigenvalue weighted by Gasteiger charge is 2.32. The van der Waals surface area contributed by atoms with Gasteiger partial charge >= 0.3 is 0 Å². The van der Waals surface area contributed by atoms with Crippen LogP contribution in [0, 0.1) is 24.5 Å². The Balaban J connectivity index is 1.68. The second kappa shape index (κ2) is 8.36. The van der Waals surface area contributed by atoms with Crippen LogP contribution in [0.1, 0.15) is 24.0 Å². The van der Waals surface area contributed by atoms with Gasteiger partial charge in [0.2, 0.25) is 15.9 Å². The number of piperidine rings is 1. The Kier molecular flexibility index (Phi) is 6.10. The third kappa shape index (κ3) is 4.74. The first kappa shape index (κ1) is 20.4. The topological polar surface area (TPSA) is 66.5 Å². The quantitative estimate of drug-likeness (QED) is 0.824. The molecule has 28 heavy (non-hydrogen) atoms. The lowest BCUT2D eigenvalue weighted by molar-refractivity contribution is -0.120. The molecule has 1 heterocycles. The summed E-state index contributed by atoms with van der Waals surface area (Å²) in [5.74, 6) is -3.11. The molecule has 3 rings (SSSR count). The van der Waals surface area contributed by atoms with E-state index in [2.05, 4.69) is 5.32 Å². The van der Waals surface area contributed by atoms with Gasteiger partial charge in [0.15, 0.2) is 11.6 Å². The van der Waals surface area contributed by atoms with Crippen molar-refractivity contribution in [2.75, 3.05) is 18.4 Å². The highest BCUT2D eigenvalue weighted by Crippen LogP contribution is 2.24. The fourth-order valence-corrected chi connectivity index (χ4v) is 5.00. The number of amides is 1. The molecule has 0 aromatic heterocycles. The second-order valence-electron chi connectivity index (χ2n) is 7.00. The van der Waals surface area contributed by atoms with E-state index in [0.717, 1.165) is 23.3 Å². The van der Waals surface area contributed by atoms with Crippen molar-refractivity contribution >= 4 is 21.6 Å². The largest absolute Gasteiger partial charge is 0.326 e. The van der Waals surface area contributed by atoms with Crippen LogP contribution in [0.4, 0.5) is 14.5 Å². The van der Waals surface area contributed by atoms with Crippen molar-refractivity contribution < 1.29 is 22.0 Å². The fraction of sp³-hybridized carbons (Fsp3) is 0.350. The molecule has 8 heteroatoms. The Bertz CT molecular complexity index is 979. The average molecular weight is 408 g/mol. The highest BCUT2D eigenvalue weighted by atomic mass is 32.2. The molecule has 1 amide bonds. The molecule has 1 aliphatic rings. The number of rotatable bonds is 5. The van der Waals surface area contributed by atoms with Gasteiger partial charge in [-0.25, -0.2) is 21.5 Å². The fourth-order valence-electron chi connectivity index (χ4n) is 3.29. The molecule has 0 bridgehead atoms. The number of nitrogens with one attached hydrogen (secondary N) is 1. The number of carbonyl (C=O) groups excluding carboxylic acids is 1. The van der Waals surface area contributed by atoms with E-state index in [9.17, 15) is 22.0 Å². The van der Waals surface area contributed by atoms with Crippen molar-refractivity contribution in [1.29, 1.82) is 0 Å². The normalized spacial score (nSPS) is 18.0. The van der Waals surface area contributed by atoms with Crippen molar-refractivity contribution in [1.82, 2.24) is 4.31 Å². The van der Waals surface area contributed by atoms with Gasteiger partial charge in [-0.2, -0.15) is 0 Å². The van der Waals surface area contributed by atoms with Gasteiger partial charge < -0.3 is 5.32 Å². The zero-order chi connectivity index (χ0) is 20.3. The molecule has 0 spiro atoms. The standard InChI is InChI=1S/C20H22F2N2O3S/c1-14-5-2-3-6-16(14)13-28(26,27)24-10-4-7-15(12-24)20(25)23-17-8-9-18(21)19(22)11-17/h2-3,5-6,8-9,11,15H,4,7,10,12-13H2,1H3,(H,23,25). The Morgan fingerprint density at radius 2 is 1.93 bits per heavy atom. The number of anilines is 1. The molecule has 1 saturated heterocycles. The van der Waals surface area contributed by atoms with Gasteiger partial charge in [0, 0.05) is 24.8 Å². The van der Waals surface area contributed by atoms with Crippen molar-refractivity contribution in [3.8, 4) is 0 Å². The first-order valence-electron chi connectivity index (χ1n) is 9.04. The summed E-state index contributed by atoms with van der Waals surface area (Å²) in [4.78, 5) is 12.5. The third-order valence-corrected chi connectivity index (χ3v) is 6.73. The van der Waals surface area contributed by atoms with Crippen molar-refractivity contribution in [3.63, 3.8) is 0 Å². The molecular weight excluding hydrogens is 386 g/mol. The van der Waals surface area contributed by atoms with Crippen molar-refractivity contribution in [3.05, 3.63) is 65.2 Å². The summed E-state index contributed by atoms with van der Waals surface area (Å²) in [7, 11) is -3.57. The van der Waals surface area contributed by atoms with Gasteiger partial charge in [-0.15, -0.1) is 0 Å². The molecule has 1 aliphatic heterocycles. The molecule has 5 nitrogen and oxygen atoms in total. The molecule has 150 valence electrons. The van der Waals surface area contributed by atoms with Crippen molar-refractivity contribution in [2.45, 2.75) is 25.5 Å². The first-order chi connectivity index (χ1) is 13.3. The zero-order valence-corrected chi connectivity index (χ0v) is 16.3. The lowest BCUT2D eigenvalue weighted by Gasteiger charge is -2.31. The number of hydrogen-bond acceptors (Lipinski definition) is 3. The van der Waals surface area contributed by atoms with E-state index >= 15 is 0 Å². The Labute approximate surface area is 163 Å². The molecule has 0 aliphatic carbocycles. The average Bonchev–Trinajstić information content (AvgIpc) is 2.66. The van der Waals surface area contributed by atoms with E-state index in [1.54, 1.807) is 12.1 Å². The van der Waals surface area contributed by atoms with E-state index in [4.69, 9.17) is 0 Å². The van der Waals surface area contributed by atoms with Gasteiger partial charge in [-0.1, -0.05) is 24.3 Å². The minimum atomic E-state index is -3.57. The monoisotopic (exact) mass is 408 g/mol. The number of carbonyl (C=O) groups is 1. The number of sulfonamides is 1. The van der Waals surface area contributed by atoms with Crippen LogP contribution >= 0.6 is 0 Å². The van der Waals surface area contributed by atoms with E-state index in [0.29, 0.717) is 19.4 Å². The van der Waals surface area contributed by atoms with E-state index in [1.807, 2.05) is 19.1 Å². The van der Waals surface area contributed by atoms with Crippen LogP contribution in [0.2, 0.25) is 0 Å². The van der Waals surface area contributed by atoms with Crippen LogP contribution in [0.3, 0.4) is 0 Å². The summed E-state index contributed by atoms with van der Waals surface area (Å²) < 4.78 is 53.3. The van der Waals surface area contributed by atoms with Gasteiger partial charge in [-0.3, -0.25) is 4.79 Å². The van der Waals surface area contributed by atoms with Crippen LogP contribution < -0.4 is 5.32 Å². The second-order valence-corrected chi connectivity index (χ2v) is 8.97. The number of nitrogens with zero attached hydrogens (tertiary/aromatic N) is 1. The van der Waals surface area contributed by atoms with Crippen LogP contribution in [0.25, 0.3) is 0 Å². The Hall–Kier alpha value is -2.32. The molecule has 1 fully saturated rings. The predicted octanol–water partition coefficient (Wildman–Crippen LogP) is 3.45. The predicted molar refractivity (Wildman–Crippen MR) is 103 cm³/mol. The summed E-state index contributed by atoms with van der Waals surface area (Å²) in [6.45, 7) is 2.30. The molecular formula is C20H22F2N2O3S. The summed E-state index contributed by atoms with van der Waals surface area (Å²) in [6, 6.07) is 10.4. The molecule has 1 N–H and O–H groups in total. The van der Waals surface area contributed by atoms with Gasteiger partial charge in [0.05, 0.1) is 11.7 Å². The molecule has 0 radical (unpaired) electrons. The van der Waals surface area contributed by atoms with Gasteiger partial charge in [-0.05, 0) is 43.0 Å². The van der Waals surface area contributed by atoms with Crippen LogP contribution in [-0.4, -0.2) is 31.7 Å². The molecule has 0 saturated carbocycles. The van der Waals surface area contributed by atoms with Crippen molar-refractivity contribution in [2.24, 2.45) is 5.92 Å². The molecule has 1 unspecified atom stereocenters.